The van der Waals surface area contributed by atoms with E-state index in [1.807, 2.05) is 36.5 Å². The van der Waals surface area contributed by atoms with Crippen LogP contribution in [-0.2, 0) is 6.42 Å². The Morgan fingerprint density at radius 3 is 2.47 bits per heavy atom. The monoisotopic (exact) mass is 273 g/mol. The molecule has 2 nitrogen and oxygen atoms in total. The number of hydrogen-bond acceptors (Lipinski definition) is 1. The summed E-state index contributed by atoms with van der Waals surface area (Å²) in [6.07, 6.45) is 3.53. The highest BCUT2D eigenvalue weighted by atomic mass is 35.5. The summed E-state index contributed by atoms with van der Waals surface area (Å²) >= 11 is 5.92. The first-order chi connectivity index (χ1) is 8.96. The molecule has 0 saturated heterocycles. The summed E-state index contributed by atoms with van der Waals surface area (Å²) in [7, 11) is 0. The van der Waals surface area contributed by atoms with Gasteiger partial charge in [-0.3, -0.25) is 4.79 Å². The van der Waals surface area contributed by atoms with Gasteiger partial charge in [0.1, 0.15) is 0 Å². The van der Waals surface area contributed by atoms with Gasteiger partial charge in [0.05, 0.1) is 0 Å². The molecule has 0 atom stereocenters. The lowest BCUT2D eigenvalue weighted by atomic mass is 9.76. The van der Waals surface area contributed by atoms with Crippen LogP contribution in [-0.4, -0.2) is 10.4 Å². The number of benzene rings is 1. The van der Waals surface area contributed by atoms with Crippen LogP contribution >= 0.6 is 11.6 Å². The first kappa shape index (κ1) is 12.5. The molecular weight excluding hydrogens is 258 g/mol. The number of halogens is 1. The highest BCUT2D eigenvalue weighted by Gasteiger charge is 2.33. The van der Waals surface area contributed by atoms with Crippen molar-refractivity contribution in [3.8, 4) is 5.69 Å². The van der Waals surface area contributed by atoms with Gasteiger partial charge in [-0.1, -0.05) is 25.4 Å². The standard InChI is InChI=1S/C16H16ClNO/c1-16(2)9-14-13(15(19)10-16)7-8-18(14)12-5-3-11(17)4-6-12/h3-8H,9-10H2,1-2H3. The lowest BCUT2D eigenvalue weighted by Gasteiger charge is -2.29. The van der Waals surface area contributed by atoms with Gasteiger partial charge in [-0.25, -0.2) is 0 Å². The first-order valence-corrected chi connectivity index (χ1v) is 6.83. The van der Waals surface area contributed by atoms with E-state index in [2.05, 4.69) is 18.4 Å². The molecule has 0 saturated carbocycles. The van der Waals surface area contributed by atoms with E-state index < -0.39 is 0 Å². The number of rotatable bonds is 1. The number of hydrogen-bond donors (Lipinski definition) is 0. The van der Waals surface area contributed by atoms with E-state index in [0.29, 0.717) is 6.42 Å². The second kappa shape index (κ2) is 4.24. The van der Waals surface area contributed by atoms with Crippen molar-refractivity contribution < 1.29 is 4.79 Å². The van der Waals surface area contributed by atoms with Crippen molar-refractivity contribution in [3.63, 3.8) is 0 Å². The molecule has 1 heterocycles. The predicted molar refractivity (Wildman–Crippen MR) is 77.2 cm³/mol. The third-order valence-corrected chi connectivity index (χ3v) is 3.93. The molecule has 1 aliphatic rings. The fourth-order valence-electron chi connectivity index (χ4n) is 2.79. The average Bonchev–Trinajstić information content (AvgIpc) is 2.72. The fourth-order valence-corrected chi connectivity index (χ4v) is 2.91. The van der Waals surface area contributed by atoms with Crippen molar-refractivity contribution in [2.45, 2.75) is 26.7 Å². The molecule has 98 valence electrons. The number of carbonyl (C=O) groups excluding carboxylic acids is 1. The Labute approximate surface area is 118 Å². The first-order valence-electron chi connectivity index (χ1n) is 6.46. The van der Waals surface area contributed by atoms with Crippen LogP contribution in [0.25, 0.3) is 5.69 Å². The van der Waals surface area contributed by atoms with E-state index in [9.17, 15) is 4.79 Å². The van der Waals surface area contributed by atoms with E-state index in [1.165, 1.54) is 0 Å². The molecule has 0 unspecified atom stereocenters. The van der Waals surface area contributed by atoms with Gasteiger partial charge < -0.3 is 4.57 Å². The molecule has 0 bridgehead atoms. The molecule has 1 aromatic carbocycles. The molecule has 0 N–H and O–H groups in total. The van der Waals surface area contributed by atoms with Crippen molar-refractivity contribution in [3.05, 3.63) is 52.8 Å². The minimum absolute atomic E-state index is 0.0343. The van der Waals surface area contributed by atoms with Gasteiger partial charge in [0.2, 0.25) is 0 Å². The molecule has 0 fully saturated rings. The lowest BCUT2D eigenvalue weighted by Crippen LogP contribution is -2.27. The highest BCUT2D eigenvalue weighted by molar-refractivity contribution is 6.30. The molecule has 3 rings (SSSR count). The molecule has 0 spiro atoms. The Morgan fingerprint density at radius 1 is 1.11 bits per heavy atom. The van der Waals surface area contributed by atoms with Crippen molar-refractivity contribution in [2.75, 3.05) is 0 Å². The topological polar surface area (TPSA) is 22.0 Å². The summed E-state index contributed by atoms with van der Waals surface area (Å²) in [5.74, 6) is 0.249. The maximum Gasteiger partial charge on any atom is 0.165 e. The second-order valence-corrected chi connectivity index (χ2v) is 6.40. The Morgan fingerprint density at radius 2 is 1.79 bits per heavy atom. The van der Waals surface area contributed by atoms with Gasteiger partial charge >= 0.3 is 0 Å². The molecule has 1 aromatic heterocycles. The SMILES string of the molecule is CC1(C)CC(=O)c2ccn(-c3ccc(Cl)cc3)c2C1. The van der Waals surface area contributed by atoms with Gasteiger partial charge in [-0.05, 0) is 42.2 Å². The van der Waals surface area contributed by atoms with Crippen LogP contribution in [0.5, 0.6) is 0 Å². The molecule has 3 heteroatoms. The predicted octanol–water partition coefficient (Wildman–Crippen LogP) is 4.29. The van der Waals surface area contributed by atoms with Crippen LogP contribution in [0.2, 0.25) is 5.02 Å². The average molecular weight is 274 g/mol. The van der Waals surface area contributed by atoms with Gasteiger partial charge in [-0.15, -0.1) is 0 Å². The van der Waals surface area contributed by atoms with Gasteiger partial charge in [0, 0.05) is 34.6 Å². The summed E-state index contributed by atoms with van der Waals surface area (Å²) in [5, 5.41) is 0.723. The molecule has 2 aromatic rings. The summed E-state index contributed by atoms with van der Waals surface area (Å²) in [4.78, 5) is 12.2. The largest absolute Gasteiger partial charge is 0.320 e. The van der Waals surface area contributed by atoms with E-state index in [4.69, 9.17) is 11.6 Å². The Kier molecular flexibility index (Phi) is 2.79. The summed E-state index contributed by atoms with van der Waals surface area (Å²) < 4.78 is 2.10. The van der Waals surface area contributed by atoms with Crippen LogP contribution in [0.1, 0.15) is 36.3 Å². The highest BCUT2D eigenvalue weighted by Crippen LogP contribution is 2.36. The number of aromatic nitrogens is 1. The zero-order valence-corrected chi connectivity index (χ0v) is 11.9. The van der Waals surface area contributed by atoms with Crippen molar-refractivity contribution in [2.24, 2.45) is 5.41 Å². The Balaban J connectivity index is 2.11. The molecule has 19 heavy (non-hydrogen) atoms. The summed E-state index contributed by atoms with van der Waals surface area (Å²) in [6, 6.07) is 9.64. The lowest BCUT2D eigenvalue weighted by molar-refractivity contribution is 0.0911. The zero-order valence-electron chi connectivity index (χ0n) is 11.1. The number of nitrogens with zero attached hydrogens (tertiary/aromatic N) is 1. The van der Waals surface area contributed by atoms with Crippen LogP contribution in [0.15, 0.2) is 36.5 Å². The molecular formula is C16H16ClNO. The minimum Gasteiger partial charge on any atom is -0.320 e. The molecule has 0 radical (unpaired) electrons. The van der Waals surface area contributed by atoms with Gasteiger partial charge in [0.15, 0.2) is 5.78 Å². The van der Waals surface area contributed by atoms with Crippen molar-refractivity contribution in [1.82, 2.24) is 4.57 Å². The third kappa shape index (κ3) is 2.21. The van der Waals surface area contributed by atoms with E-state index >= 15 is 0 Å². The minimum atomic E-state index is 0.0343. The summed E-state index contributed by atoms with van der Waals surface area (Å²) in [6.45, 7) is 4.29. The number of carbonyl (C=O) groups is 1. The Hall–Kier alpha value is -1.54. The van der Waals surface area contributed by atoms with Gasteiger partial charge in [-0.2, -0.15) is 0 Å². The number of fused-ring (bicyclic) bond motifs is 1. The summed E-state index contributed by atoms with van der Waals surface area (Å²) in [5.41, 5.74) is 3.07. The van der Waals surface area contributed by atoms with E-state index in [0.717, 1.165) is 28.4 Å². The molecule has 0 amide bonds. The second-order valence-electron chi connectivity index (χ2n) is 5.96. The van der Waals surface area contributed by atoms with E-state index in [1.54, 1.807) is 0 Å². The van der Waals surface area contributed by atoms with Crippen molar-refractivity contribution >= 4 is 17.4 Å². The fraction of sp³-hybridized carbons (Fsp3) is 0.312. The van der Waals surface area contributed by atoms with E-state index in [-0.39, 0.29) is 11.2 Å². The molecule has 1 aliphatic carbocycles. The Bertz CT molecular complexity index is 637. The van der Waals surface area contributed by atoms with Crippen LogP contribution in [0.4, 0.5) is 0 Å². The van der Waals surface area contributed by atoms with Crippen LogP contribution in [0, 0.1) is 5.41 Å². The van der Waals surface area contributed by atoms with Crippen LogP contribution < -0.4 is 0 Å². The van der Waals surface area contributed by atoms with Gasteiger partial charge in [0.25, 0.3) is 0 Å². The van der Waals surface area contributed by atoms with Crippen molar-refractivity contribution in [1.29, 1.82) is 0 Å². The van der Waals surface area contributed by atoms with Crippen LogP contribution in [0.3, 0.4) is 0 Å². The maximum absolute atomic E-state index is 12.2. The normalized spacial score (nSPS) is 17.3. The molecule has 0 aliphatic heterocycles. The number of ketones is 1. The number of Topliss-reactive ketones (excluding diaryl/α,β-unsaturated/α-hetero) is 1. The zero-order chi connectivity index (χ0) is 13.6. The maximum atomic E-state index is 12.2. The third-order valence-electron chi connectivity index (χ3n) is 3.68. The quantitative estimate of drug-likeness (QED) is 0.760. The smallest absolute Gasteiger partial charge is 0.165 e.